The van der Waals surface area contributed by atoms with Gasteiger partial charge in [0.15, 0.2) is 5.69 Å². The monoisotopic (exact) mass is 245 g/mol. The maximum atomic E-state index is 10.7. The summed E-state index contributed by atoms with van der Waals surface area (Å²) in [4.78, 5) is 20.0. The molecule has 0 saturated carbocycles. The Bertz CT molecular complexity index is 414. The van der Waals surface area contributed by atoms with Gasteiger partial charge in [0.2, 0.25) is 0 Å². The normalized spacial score (nSPS) is 9.88. The van der Waals surface area contributed by atoms with E-state index in [0.717, 1.165) is 12.1 Å². The van der Waals surface area contributed by atoms with Gasteiger partial charge in [-0.15, -0.1) is 0 Å². The summed E-state index contributed by atoms with van der Waals surface area (Å²) < 4.78 is 0. The van der Waals surface area contributed by atoms with Gasteiger partial charge in [0.1, 0.15) is 0 Å². The van der Waals surface area contributed by atoms with Crippen molar-refractivity contribution in [1.82, 2.24) is 0 Å². The van der Waals surface area contributed by atoms with Gasteiger partial charge in [-0.3, -0.25) is 20.2 Å². The maximum absolute atomic E-state index is 10.7. The maximum Gasteiger partial charge on any atom is 0.300 e. The number of nitrogens with one attached hydrogen (secondary N) is 1. The molecule has 0 bridgehead atoms. The van der Waals surface area contributed by atoms with E-state index in [9.17, 15) is 20.2 Å². The van der Waals surface area contributed by atoms with Crippen molar-refractivity contribution in [2.24, 2.45) is 0 Å². The molecule has 16 heavy (non-hydrogen) atoms. The molecule has 0 aliphatic rings. The molecular weight excluding hydrogens is 238 g/mol. The van der Waals surface area contributed by atoms with Crippen LogP contribution in [0.25, 0.3) is 0 Å². The van der Waals surface area contributed by atoms with Gasteiger partial charge in [-0.25, -0.2) is 0 Å². The molecule has 1 aromatic carbocycles. The highest BCUT2D eigenvalue weighted by Gasteiger charge is 2.25. The van der Waals surface area contributed by atoms with Gasteiger partial charge in [-0.05, 0) is 6.92 Å². The first-order chi connectivity index (χ1) is 7.47. The van der Waals surface area contributed by atoms with Gasteiger partial charge in [0.05, 0.1) is 14.9 Å². The van der Waals surface area contributed by atoms with E-state index in [4.69, 9.17) is 11.6 Å². The van der Waals surface area contributed by atoms with E-state index in [1.807, 2.05) is 0 Å². The van der Waals surface area contributed by atoms with Crippen molar-refractivity contribution in [2.45, 2.75) is 6.92 Å². The molecule has 0 unspecified atom stereocenters. The van der Waals surface area contributed by atoms with Crippen molar-refractivity contribution < 1.29 is 9.85 Å². The highest BCUT2D eigenvalue weighted by molar-refractivity contribution is 6.31. The SMILES string of the molecule is CCNc1c([N+](=O)[O-])cc(Cl)cc1[N+](=O)[O-]. The van der Waals surface area contributed by atoms with Crippen LogP contribution >= 0.6 is 11.6 Å². The first kappa shape index (κ1) is 12.2. The Balaban J connectivity index is 3.47. The summed E-state index contributed by atoms with van der Waals surface area (Å²) in [5, 5.41) is 24.0. The molecule has 0 atom stereocenters. The fourth-order valence-corrected chi connectivity index (χ4v) is 1.43. The Morgan fingerprint density at radius 3 is 2.00 bits per heavy atom. The Labute approximate surface area is 95.3 Å². The topological polar surface area (TPSA) is 98.3 Å². The zero-order chi connectivity index (χ0) is 12.3. The van der Waals surface area contributed by atoms with Crippen molar-refractivity contribution in [2.75, 3.05) is 11.9 Å². The summed E-state index contributed by atoms with van der Waals surface area (Å²) in [5.41, 5.74) is -0.927. The molecule has 7 nitrogen and oxygen atoms in total. The van der Waals surface area contributed by atoms with Crippen LogP contribution in [0, 0.1) is 20.2 Å². The molecular formula is C8H8ClN3O4. The zero-order valence-corrected chi connectivity index (χ0v) is 9.02. The number of nitrogens with zero attached hydrogens (tertiary/aromatic N) is 2. The van der Waals surface area contributed by atoms with Gasteiger partial charge in [-0.2, -0.15) is 0 Å². The number of nitro groups is 2. The second-order valence-corrected chi connectivity index (χ2v) is 3.30. The Kier molecular flexibility index (Phi) is 3.62. The summed E-state index contributed by atoms with van der Waals surface area (Å²) in [6.07, 6.45) is 0. The summed E-state index contributed by atoms with van der Waals surface area (Å²) in [6, 6.07) is 2.15. The third-order valence-corrected chi connectivity index (χ3v) is 2.03. The zero-order valence-electron chi connectivity index (χ0n) is 8.27. The minimum Gasteiger partial charge on any atom is -0.374 e. The summed E-state index contributed by atoms with van der Waals surface area (Å²) in [7, 11) is 0. The fraction of sp³-hybridized carbons (Fsp3) is 0.250. The van der Waals surface area contributed by atoms with E-state index < -0.39 is 21.2 Å². The van der Waals surface area contributed by atoms with Crippen LogP contribution in [0.1, 0.15) is 6.92 Å². The molecule has 0 aliphatic carbocycles. The lowest BCUT2D eigenvalue weighted by Crippen LogP contribution is -2.04. The molecule has 0 saturated heterocycles. The van der Waals surface area contributed by atoms with E-state index in [0.29, 0.717) is 6.54 Å². The third-order valence-electron chi connectivity index (χ3n) is 1.81. The molecule has 8 heteroatoms. The lowest BCUT2D eigenvalue weighted by molar-refractivity contribution is -0.392. The summed E-state index contributed by atoms with van der Waals surface area (Å²) >= 11 is 5.57. The minimum absolute atomic E-state index is 0.0416. The predicted octanol–water partition coefficient (Wildman–Crippen LogP) is 2.59. The molecule has 1 rings (SSSR count). The van der Waals surface area contributed by atoms with Crippen LogP contribution in [0.4, 0.5) is 17.1 Å². The number of halogens is 1. The highest BCUT2D eigenvalue weighted by atomic mass is 35.5. The molecule has 0 aliphatic heterocycles. The molecule has 0 fully saturated rings. The molecule has 0 radical (unpaired) electrons. The molecule has 0 heterocycles. The van der Waals surface area contributed by atoms with Gasteiger partial charge in [0, 0.05) is 18.7 Å². The minimum atomic E-state index is -0.711. The van der Waals surface area contributed by atoms with E-state index in [-0.39, 0.29) is 10.7 Å². The predicted molar refractivity (Wildman–Crippen MR) is 58.9 cm³/mol. The quantitative estimate of drug-likeness (QED) is 0.649. The second-order valence-electron chi connectivity index (χ2n) is 2.86. The van der Waals surface area contributed by atoms with E-state index in [2.05, 4.69) is 5.32 Å². The van der Waals surface area contributed by atoms with E-state index in [1.165, 1.54) is 0 Å². The number of nitro benzene ring substituents is 2. The van der Waals surface area contributed by atoms with Crippen LogP contribution < -0.4 is 5.32 Å². The molecule has 0 aromatic heterocycles. The van der Waals surface area contributed by atoms with Gasteiger partial charge >= 0.3 is 11.4 Å². The van der Waals surface area contributed by atoms with Crippen molar-refractivity contribution in [3.8, 4) is 0 Å². The largest absolute Gasteiger partial charge is 0.374 e. The molecule has 0 spiro atoms. The van der Waals surface area contributed by atoms with Crippen molar-refractivity contribution >= 4 is 28.7 Å². The number of anilines is 1. The Morgan fingerprint density at radius 2 is 1.69 bits per heavy atom. The number of benzene rings is 1. The lowest BCUT2D eigenvalue weighted by Gasteiger charge is -2.05. The van der Waals surface area contributed by atoms with Crippen LogP contribution in [0.15, 0.2) is 12.1 Å². The van der Waals surface area contributed by atoms with Gasteiger partial charge in [0.25, 0.3) is 0 Å². The lowest BCUT2D eigenvalue weighted by atomic mass is 10.2. The van der Waals surface area contributed by atoms with Gasteiger partial charge < -0.3 is 5.32 Å². The van der Waals surface area contributed by atoms with Crippen molar-refractivity contribution in [3.05, 3.63) is 37.4 Å². The average molecular weight is 246 g/mol. The standard InChI is InChI=1S/C8H8ClN3O4/c1-2-10-8-6(11(13)14)3-5(9)4-7(8)12(15)16/h3-4,10H,2H2,1H3. The smallest absolute Gasteiger partial charge is 0.300 e. The Hall–Kier alpha value is -1.89. The van der Waals surface area contributed by atoms with Crippen LogP contribution in [0.3, 0.4) is 0 Å². The van der Waals surface area contributed by atoms with Crippen LogP contribution in [-0.4, -0.2) is 16.4 Å². The summed E-state index contributed by atoms with van der Waals surface area (Å²) in [5.74, 6) is 0. The molecule has 1 aromatic rings. The first-order valence-corrected chi connectivity index (χ1v) is 4.71. The van der Waals surface area contributed by atoms with E-state index >= 15 is 0 Å². The van der Waals surface area contributed by atoms with Crippen molar-refractivity contribution in [3.63, 3.8) is 0 Å². The second kappa shape index (κ2) is 4.75. The van der Waals surface area contributed by atoms with E-state index in [1.54, 1.807) is 6.92 Å². The average Bonchev–Trinajstić information content (AvgIpc) is 2.19. The van der Waals surface area contributed by atoms with Crippen LogP contribution in [0.5, 0.6) is 0 Å². The first-order valence-electron chi connectivity index (χ1n) is 4.33. The van der Waals surface area contributed by atoms with Gasteiger partial charge in [-0.1, -0.05) is 11.6 Å². The fourth-order valence-electron chi connectivity index (χ4n) is 1.22. The number of rotatable bonds is 4. The molecule has 0 amide bonds. The Morgan fingerprint density at radius 1 is 1.25 bits per heavy atom. The highest BCUT2D eigenvalue weighted by Crippen LogP contribution is 2.37. The molecule has 1 N–H and O–H groups in total. The number of hydrogen-bond donors (Lipinski definition) is 1. The van der Waals surface area contributed by atoms with Crippen molar-refractivity contribution in [1.29, 1.82) is 0 Å². The third kappa shape index (κ3) is 2.37. The number of hydrogen-bond acceptors (Lipinski definition) is 5. The van der Waals surface area contributed by atoms with Crippen LogP contribution in [-0.2, 0) is 0 Å². The molecule has 86 valence electrons. The summed E-state index contributed by atoms with van der Waals surface area (Å²) in [6.45, 7) is 2.02. The van der Waals surface area contributed by atoms with Crippen LogP contribution in [0.2, 0.25) is 5.02 Å².